The quantitative estimate of drug-likeness (QED) is 0.765. The number of nitrogens with zero attached hydrogens (tertiary/aromatic N) is 3. The fraction of sp³-hybridized carbons (Fsp3) is 0.400. The lowest BCUT2D eigenvalue weighted by Crippen LogP contribution is -2.31. The molecule has 3 rings (SSSR count). The van der Waals surface area contributed by atoms with E-state index in [1.165, 1.54) is 22.5 Å². The maximum absolute atomic E-state index is 4.52. The summed E-state index contributed by atoms with van der Waals surface area (Å²) in [5.74, 6) is 0. The molecule has 1 aromatic carbocycles. The highest BCUT2D eigenvalue weighted by Crippen LogP contribution is 2.29. The van der Waals surface area contributed by atoms with Gasteiger partial charge in [-0.25, -0.2) is 0 Å². The van der Waals surface area contributed by atoms with Gasteiger partial charge in [0.25, 0.3) is 0 Å². The van der Waals surface area contributed by atoms with Crippen LogP contribution < -0.4 is 4.90 Å². The van der Waals surface area contributed by atoms with E-state index < -0.39 is 0 Å². The van der Waals surface area contributed by atoms with E-state index in [1.54, 1.807) is 0 Å². The molecule has 0 bridgehead atoms. The zero-order valence-corrected chi connectivity index (χ0v) is 11.3. The molecule has 0 N–H and O–H groups in total. The second-order valence-corrected chi connectivity index (χ2v) is 5.08. The lowest BCUT2D eigenvalue weighted by Gasteiger charge is -2.30. The van der Waals surface area contributed by atoms with E-state index in [9.17, 15) is 0 Å². The summed E-state index contributed by atoms with van der Waals surface area (Å²) in [6.45, 7) is 6.34. The lowest BCUT2D eigenvalue weighted by molar-refractivity contribution is 0.717. The van der Waals surface area contributed by atoms with Gasteiger partial charge in [0.1, 0.15) is 0 Å². The van der Waals surface area contributed by atoms with E-state index >= 15 is 0 Å². The van der Waals surface area contributed by atoms with Crippen LogP contribution in [-0.4, -0.2) is 16.3 Å². The van der Waals surface area contributed by atoms with Crippen molar-refractivity contribution in [3.63, 3.8) is 0 Å². The van der Waals surface area contributed by atoms with Crippen molar-refractivity contribution in [1.29, 1.82) is 0 Å². The molecule has 1 aliphatic heterocycles. The molecule has 0 saturated heterocycles. The number of aromatic nitrogens is 2. The molecule has 94 valence electrons. The summed E-state index contributed by atoms with van der Waals surface area (Å²) >= 11 is 0. The van der Waals surface area contributed by atoms with Crippen molar-refractivity contribution in [2.24, 2.45) is 7.05 Å². The first-order chi connectivity index (χ1) is 8.66. The first-order valence-electron chi connectivity index (χ1n) is 6.48. The molecule has 0 fully saturated rings. The Balaban J connectivity index is 1.97. The Hall–Kier alpha value is -1.77. The average Bonchev–Trinajstić information content (AvgIpc) is 2.63. The Kier molecular flexibility index (Phi) is 2.62. The average molecular weight is 241 g/mol. The van der Waals surface area contributed by atoms with Crippen LogP contribution in [0.25, 0.3) is 0 Å². The van der Waals surface area contributed by atoms with Crippen LogP contribution in [0, 0.1) is 13.8 Å². The largest absolute Gasteiger partial charge is 0.364 e. The minimum atomic E-state index is 1.00. The molecule has 0 amide bonds. The van der Waals surface area contributed by atoms with E-state index in [2.05, 4.69) is 48.1 Å². The molecule has 0 saturated carbocycles. The maximum atomic E-state index is 4.52. The third kappa shape index (κ3) is 1.70. The van der Waals surface area contributed by atoms with Gasteiger partial charge < -0.3 is 4.90 Å². The standard InChI is InChI=1S/C15H19N3/c1-11-15(12(2)17(3)16-11)18-9-8-13-6-4-5-7-14(13)10-18/h4-7H,8-10H2,1-3H3. The summed E-state index contributed by atoms with van der Waals surface area (Å²) in [5.41, 5.74) is 6.65. The van der Waals surface area contributed by atoms with Crippen LogP contribution >= 0.6 is 0 Å². The monoisotopic (exact) mass is 241 g/mol. The van der Waals surface area contributed by atoms with Crippen LogP contribution in [-0.2, 0) is 20.0 Å². The van der Waals surface area contributed by atoms with Crippen molar-refractivity contribution in [1.82, 2.24) is 9.78 Å². The first-order valence-corrected chi connectivity index (χ1v) is 6.48. The Morgan fingerprint density at radius 1 is 1.11 bits per heavy atom. The lowest BCUT2D eigenvalue weighted by atomic mass is 9.99. The Labute approximate surface area is 108 Å². The number of rotatable bonds is 1. The molecule has 0 spiro atoms. The summed E-state index contributed by atoms with van der Waals surface area (Å²) in [7, 11) is 2.02. The summed E-state index contributed by atoms with van der Waals surface area (Å²) in [5, 5.41) is 4.52. The number of hydrogen-bond donors (Lipinski definition) is 0. The summed E-state index contributed by atoms with van der Waals surface area (Å²) in [4.78, 5) is 2.46. The van der Waals surface area contributed by atoms with E-state index in [0.717, 1.165) is 25.2 Å². The van der Waals surface area contributed by atoms with Crippen molar-refractivity contribution in [2.45, 2.75) is 26.8 Å². The first kappa shape index (κ1) is 11.3. The van der Waals surface area contributed by atoms with Gasteiger partial charge in [0.15, 0.2) is 0 Å². The van der Waals surface area contributed by atoms with Crippen molar-refractivity contribution in [2.75, 3.05) is 11.4 Å². The van der Waals surface area contributed by atoms with Gasteiger partial charge in [-0.05, 0) is 31.4 Å². The highest BCUT2D eigenvalue weighted by atomic mass is 15.3. The van der Waals surface area contributed by atoms with Gasteiger partial charge in [-0.15, -0.1) is 0 Å². The molecule has 18 heavy (non-hydrogen) atoms. The Morgan fingerprint density at radius 3 is 2.50 bits per heavy atom. The third-order valence-corrected chi connectivity index (χ3v) is 3.92. The third-order valence-electron chi connectivity index (χ3n) is 3.92. The number of fused-ring (bicyclic) bond motifs is 1. The van der Waals surface area contributed by atoms with Gasteiger partial charge in [0.05, 0.1) is 17.1 Å². The van der Waals surface area contributed by atoms with Crippen LogP contribution in [0.5, 0.6) is 0 Å². The molecule has 2 heterocycles. The van der Waals surface area contributed by atoms with E-state index in [4.69, 9.17) is 0 Å². The predicted molar refractivity (Wildman–Crippen MR) is 73.9 cm³/mol. The van der Waals surface area contributed by atoms with Crippen LogP contribution in [0.3, 0.4) is 0 Å². The molecule has 1 aromatic heterocycles. The second-order valence-electron chi connectivity index (χ2n) is 5.08. The minimum Gasteiger partial charge on any atom is -0.364 e. The van der Waals surface area contributed by atoms with Gasteiger partial charge in [0.2, 0.25) is 0 Å². The molecule has 3 nitrogen and oxygen atoms in total. The molecule has 0 atom stereocenters. The van der Waals surface area contributed by atoms with E-state index in [0.29, 0.717) is 0 Å². The summed E-state index contributed by atoms with van der Waals surface area (Å²) in [6.07, 6.45) is 1.13. The number of hydrogen-bond acceptors (Lipinski definition) is 2. The second kappa shape index (κ2) is 4.16. The molecular formula is C15H19N3. The number of aryl methyl sites for hydroxylation is 2. The van der Waals surface area contributed by atoms with Crippen molar-refractivity contribution in [3.8, 4) is 0 Å². The van der Waals surface area contributed by atoms with E-state index in [-0.39, 0.29) is 0 Å². The zero-order valence-electron chi connectivity index (χ0n) is 11.3. The van der Waals surface area contributed by atoms with Gasteiger partial charge in [-0.1, -0.05) is 24.3 Å². The SMILES string of the molecule is Cc1nn(C)c(C)c1N1CCc2ccccc2C1. The zero-order chi connectivity index (χ0) is 12.7. The molecule has 0 aliphatic carbocycles. The Morgan fingerprint density at radius 2 is 1.83 bits per heavy atom. The molecule has 0 radical (unpaired) electrons. The predicted octanol–water partition coefficient (Wildman–Crippen LogP) is 2.60. The smallest absolute Gasteiger partial charge is 0.0830 e. The summed E-state index contributed by atoms with van der Waals surface area (Å²) < 4.78 is 1.98. The normalized spacial score (nSPS) is 14.7. The van der Waals surface area contributed by atoms with E-state index in [1.807, 2.05) is 11.7 Å². The van der Waals surface area contributed by atoms with Crippen LogP contribution in [0.2, 0.25) is 0 Å². The number of benzene rings is 1. The molecule has 1 aliphatic rings. The van der Waals surface area contributed by atoms with Crippen molar-refractivity contribution >= 4 is 5.69 Å². The van der Waals surface area contributed by atoms with Gasteiger partial charge in [0, 0.05) is 20.1 Å². The Bertz CT molecular complexity index is 583. The van der Waals surface area contributed by atoms with Gasteiger partial charge in [-0.3, -0.25) is 4.68 Å². The highest BCUT2D eigenvalue weighted by molar-refractivity contribution is 5.56. The fourth-order valence-electron chi connectivity index (χ4n) is 2.91. The number of anilines is 1. The summed E-state index contributed by atoms with van der Waals surface area (Å²) in [6, 6.07) is 8.75. The maximum Gasteiger partial charge on any atom is 0.0830 e. The van der Waals surface area contributed by atoms with Crippen LogP contribution in [0.15, 0.2) is 24.3 Å². The minimum absolute atomic E-state index is 1.00. The highest BCUT2D eigenvalue weighted by Gasteiger charge is 2.21. The molecule has 2 aromatic rings. The molecule has 0 unspecified atom stereocenters. The van der Waals surface area contributed by atoms with Crippen LogP contribution in [0.1, 0.15) is 22.5 Å². The van der Waals surface area contributed by atoms with Crippen molar-refractivity contribution in [3.05, 3.63) is 46.8 Å². The van der Waals surface area contributed by atoms with Crippen LogP contribution in [0.4, 0.5) is 5.69 Å². The topological polar surface area (TPSA) is 21.1 Å². The van der Waals surface area contributed by atoms with Crippen molar-refractivity contribution < 1.29 is 0 Å². The van der Waals surface area contributed by atoms with Gasteiger partial charge >= 0.3 is 0 Å². The fourth-order valence-corrected chi connectivity index (χ4v) is 2.91. The molecule has 3 heteroatoms. The molecular weight excluding hydrogens is 222 g/mol. The van der Waals surface area contributed by atoms with Gasteiger partial charge in [-0.2, -0.15) is 5.10 Å².